The summed E-state index contributed by atoms with van der Waals surface area (Å²) in [5.74, 6) is 1.44. The van der Waals surface area contributed by atoms with Crippen LogP contribution in [0.5, 0.6) is 5.75 Å². The SMILES string of the molecule is COc1ccc2c(c1)nc(N)n2C1CCC1. The van der Waals surface area contributed by atoms with Gasteiger partial charge in [0.1, 0.15) is 5.75 Å². The van der Waals surface area contributed by atoms with E-state index < -0.39 is 0 Å². The summed E-state index contributed by atoms with van der Waals surface area (Å²) in [5, 5.41) is 0. The molecule has 0 unspecified atom stereocenters. The van der Waals surface area contributed by atoms with Gasteiger partial charge < -0.3 is 15.0 Å². The number of fused-ring (bicyclic) bond motifs is 1. The van der Waals surface area contributed by atoms with E-state index in [2.05, 4.69) is 9.55 Å². The molecule has 1 fully saturated rings. The minimum absolute atomic E-state index is 0.540. The van der Waals surface area contributed by atoms with E-state index in [9.17, 15) is 0 Å². The fraction of sp³-hybridized carbons (Fsp3) is 0.417. The molecule has 1 aliphatic rings. The number of imidazole rings is 1. The van der Waals surface area contributed by atoms with Crippen LogP contribution in [-0.4, -0.2) is 16.7 Å². The van der Waals surface area contributed by atoms with Gasteiger partial charge in [0, 0.05) is 12.1 Å². The van der Waals surface area contributed by atoms with Crippen LogP contribution >= 0.6 is 0 Å². The van der Waals surface area contributed by atoms with E-state index in [0.29, 0.717) is 12.0 Å². The average Bonchev–Trinajstić information content (AvgIpc) is 2.53. The largest absolute Gasteiger partial charge is 0.497 e. The second kappa shape index (κ2) is 3.40. The standard InChI is InChI=1S/C12H15N3O/c1-16-9-5-6-11-10(7-9)14-12(13)15(11)8-3-2-4-8/h5-8H,2-4H2,1H3,(H2,13,14). The highest BCUT2D eigenvalue weighted by Crippen LogP contribution is 2.36. The first-order valence-corrected chi connectivity index (χ1v) is 5.61. The van der Waals surface area contributed by atoms with Gasteiger partial charge in [-0.1, -0.05) is 0 Å². The predicted octanol–water partition coefficient (Wildman–Crippen LogP) is 2.35. The third-order valence-electron chi connectivity index (χ3n) is 3.36. The van der Waals surface area contributed by atoms with Crippen molar-refractivity contribution >= 4 is 17.0 Å². The molecule has 16 heavy (non-hydrogen) atoms. The normalized spacial score (nSPS) is 16.3. The molecule has 3 rings (SSSR count). The number of aromatic nitrogens is 2. The van der Waals surface area contributed by atoms with Crippen molar-refractivity contribution in [1.29, 1.82) is 0 Å². The maximum atomic E-state index is 5.97. The quantitative estimate of drug-likeness (QED) is 0.840. The van der Waals surface area contributed by atoms with Crippen molar-refractivity contribution in [3.05, 3.63) is 18.2 Å². The lowest BCUT2D eigenvalue weighted by Crippen LogP contribution is -2.18. The van der Waals surface area contributed by atoms with Gasteiger partial charge in [-0.3, -0.25) is 0 Å². The van der Waals surface area contributed by atoms with Gasteiger partial charge in [-0.25, -0.2) is 4.98 Å². The molecule has 0 saturated heterocycles. The molecule has 2 N–H and O–H groups in total. The fourth-order valence-corrected chi connectivity index (χ4v) is 2.25. The highest BCUT2D eigenvalue weighted by atomic mass is 16.5. The van der Waals surface area contributed by atoms with E-state index in [1.54, 1.807) is 7.11 Å². The monoisotopic (exact) mass is 217 g/mol. The number of hydrogen-bond acceptors (Lipinski definition) is 3. The summed E-state index contributed by atoms with van der Waals surface area (Å²) in [6, 6.07) is 6.47. The maximum absolute atomic E-state index is 5.97. The van der Waals surface area contributed by atoms with E-state index in [0.717, 1.165) is 16.8 Å². The summed E-state index contributed by atoms with van der Waals surface area (Å²) in [6.07, 6.45) is 3.71. The van der Waals surface area contributed by atoms with Gasteiger partial charge in [-0.15, -0.1) is 0 Å². The molecule has 0 spiro atoms. The van der Waals surface area contributed by atoms with E-state index >= 15 is 0 Å². The van der Waals surface area contributed by atoms with Crippen LogP contribution in [0.2, 0.25) is 0 Å². The maximum Gasteiger partial charge on any atom is 0.201 e. The van der Waals surface area contributed by atoms with Crippen LogP contribution < -0.4 is 10.5 Å². The van der Waals surface area contributed by atoms with Gasteiger partial charge >= 0.3 is 0 Å². The van der Waals surface area contributed by atoms with Crippen LogP contribution in [0.25, 0.3) is 11.0 Å². The molecule has 1 heterocycles. The summed E-state index contributed by atoms with van der Waals surface area (Å²) in [6.45, 7) is 0. The molecule has 0 bridgehead atoms. The summed E-state index contributed by atoms with van der Waals surface area (Å²) in [7, 11) is 1.66. The molecular weight excluding hydrogens is 202 g/mol. The Bertz CT molecular complexity index is 528. The lowest BCUT2D eigenvalue weighted by atomic mass is 9.93. The zero-order chi connectivity index (χ0) is 11.1. The Morgan fingerprint density at radius 3 is 2.88 bits per heavy atom. The van der Waals surface area contributed by atoms with Crippen molar-refractivity contribution in [1.82, 2.24) is 9.55 Å². The molecule has 1 aromatic carbocycles. The van der Waals surface area contributed by atoms with Crippen molar-refractivity contribution in [2.75, 3.05) is 12.8 Å². The number of anilines is 1. The molecule has 1 aliphatic carbocycles. The molecule has 0 aliphatic heterocycles. The minimum atomic E-state index is 0.540. The second-order valence-corrected chi connectivity index (χ2v) is 4.28. The van der Waals surface area contributed by atoms with Gasteiger partial charge in [-0.2, -0.15) is 0 Å². The molecule has 0 radical (unpaired) electrons. The number of nitrogen functional groups attached to an aromatic ring is 1. The van der Waals surface area contributed by atoms with E-state index in [-0.39, 0.29) is 0 Å². The van der Waals surface area contributed by atoms with Crippen molar-refractivity contribution in [3.63, 3.8) is 0 Å². The first-order valence-electron chi connectivity index (χ1n) is 5.61. The van der Waals surface area contributed by atoms with Gasteiger partial charge in [0.2, 0.25) is 5.95 Å². The minimum Gasteiger partial charge on any atom is -0.497 e. The van der Waals surface area contributed by atoms with Crippen molar-refractivity contribution in [3.8, 4) is 5.75 Å². The first kappa shape index (κ1) is 9.51. The molecular formula is C12H15N3O. The second-order valence-electron chi connectivity index (χ2n) is 4.28. The van der Waals surface area contributed by atoms with E-state index in [4.69, 9.17) is 10.5 Å². The average molecular weight is 217 g/mol. The molecule has 4 heteroatoms. The summed E-state index contributed by atoms with van der Waals surface area (Å²) >= 11 is 0. The molecule has 84 valence electrons. The van der Waals surface area contributed by atoms with Gasteiger partial charge in [0.15, 0.2) is 0 Å². The fourth-order valence-electron chi connectivity index (χ4n) is 2.25. The molecule has 1 aromatic heterocycles. The van der Waals surface area contributed by atoms with Crippen molar-refractivity contribution in [2.45, 2.75) is 25.3 Å². The third-order valence-corrected chi connectivity index (χ3v) is 3.36. The van der Waals surface area contributed by atoms with Crippen LogP contribution in [0.4, 0.5) is 5.95 Å². The number of ether oxygens (including phenoxy) is 1. The van der Waals surface area contributed by atoms with Crippen LogP contribution in [0.3, 0.4) is 0 Å². The predicted molar refractivity (Wildman–Crippen MR) is 63.6 cm³/mol. The molecule has 1 saturated carbocycles. The zero-order valence-electron chi connectivity index (χ0n) is 9.31. The van der Waals surface area contributed by atoms with E-state index in [1.165, 1.54) is 19.3 Å². The van der Waals surface area contributed by atoms with Gasteiger partial charge in [0.05, 0.1) is 18.1 Å². The van der Waals surface area contributed by atoms with Gasteiger partial charge in [0.25, 0.3) is 0 Å². The zero-order valence-corrected chi connectivity index (χ0v) is 9.31. The van der Waals surface area contributed by atoms with Crippen molar-refractivity contribution in [2.24, 2.45) is 0 Å². The Morgan fingerprint density at radius 2 is 2.25 bits per heavy atom. The Hall–Kier alpha value is -1.71. The number of hydrogen-bond donors (Lipinski definition) is 1. The van der Waals surface area contributed by atoms with Crippen LogP contribution in [-0.2, 0) is 0 Å². The summed E-state index contributed by atoms with van der Waals surface area (Å²) in [4.78, 5) is 4.39. The number of rotatable bonds is 2. The highest BCUT2D eigenvalue weighted by molar-refractivity contribution is 5.80. The number of nitrogens with two attached hydrogens (primary N) is 1. The Kier molecular flexibility index (Phi) is 2.02. The van der Waals surface area contributed by atoms with E-state index in [1.807, 2.05) is 18.2 Å². The number of nitrogens with zero attached hydrogens (tertiary/aromatic N) is 2. The molecule has 0 atom stereocenters. The van der Waals surface area contributed by atoms with Crippen molar-refractivity contribution < 1.29 is 4.74 Å². The third kappa shape index (κ3) is 1.26. The Morgan fingerprint density at radius 1 is 1.44 bits per heavy atom. The van der Waals surface area contributed by atoms with Crippen LogP contribution in [0, 0.1) is 0 Å². The Balaban J connectivity index is 2.16. The van der Waals surface area contributed by atoms with Gasteiger partial charge in [-0.05, 0) is 31.4 Å². The topological polar surface area (TPSA) is 53.1 Å². The summed E-state index contributed by atoms with van der Waals surface area (Å²) < 4.78 is 7.33. The number of methoxy groups -OCH3 is 1. The lowest BCUT2D eigenvalue weighted by Gasteiger charge is -2.28. The van der Waals surface area contributed by atoms with Crippen LogP contribution in [0.15, 0.2) is 18.2 Å². The molecule has 2 aromatic rings. The summed E-state index contributed by atoms with van der Waals surface area (Å²) in [5.41, 5.74) is 8.00. The Labute approximate surface area is 94.0 Å². The smallest absolute Gasteiger partial charge is 0.201 e. The highest BCUT2D eigenvalue weighted by Gasteiger charge is 2.23. The first-order chi connectivity index (χ1) is 7.79. The molecule has 4 nitrogen and oxygen atoms in total. The van der Waals surface area contributed by atoms with Crippen LogP contribution in [0.1, 0.15) is 25.3 Å². The lowest BCUT2D eigenvalue weighted by molar-refractivity contribution is 0.324. The number of benzene rings is 1. The molecule has 0 amide bonds.